The van der Waals surface area contributed by atoms with Gasteiger partial charge in [0.2, 0.25) is 5.91 Å². The summed E-state index contributed by atoms with van der Waals surface area (Å²) in [4.78, 5) is 23.7. The molecule has 0 bridgehead atoms. The quantitative estimate of drug-likeness (QED) is 0.729. The summed E-state index contributed by atoms with van der Waals surface area (Å²) in [6.07, 6.45) is 4.31. The number of carbonyl (C=O) groups is 1. The lowest BCUT2D eigenvalue weighted by atomic mass is 10.2. The lowest BCUT2D eigenvalue weighted by Gasteiger charge is -2.11. The highest BCUT2D eigenvalue weighted by molar-refractivity contribution is 5.77. The van der Waals surface area contributed by atoms with Crippen LogP contribution < -0.4 is 5.32 Å². The molecule has 3 rings (SSSR count). The first-order valence-electron chi connectivity index (χ1n) is 7.70. The molecule has 0 saturated carbocycles. The Hall–Kier alpha value is -2.70. The molecule has 0 aliphatic carbocycles. The van der Waals surface area contributed by atoms with Crippen LogP contribution >= 0.6 is 0 Å². The molecule has 1 amide bonds. The third-order valence-electron chi connectivity index (χ3n) is 3.70. The summed E-state index contributed by atoms with van der Waals surface area (Å²) >= 11 is 0. The van der Waals surface area contributed by atoms with E-state index in [-0.39, 0.29) is 11.9 Å². The maximum absolute atomic E-state index is 12.0. The molecule has 0 spiro atoms. The van der Waals surface area contributed by atoms with Crippen molar-refractivity contribution in [3.8, 4) is 0 Å². The Morgan fingerprint density at radius 1 is 1.43 bits per heavy atom. The number of H-pyrrole nitrogens is 1. The molecule has 2 heterocycles. The molecule has 0 fully saturated rings. The van der Waals surface area contributed by atoms with Crippen molar-refractivity contribution in [2.75, 3.05) is 0 Å². The third-order valence-corrected chi connectivity index (χ3v) is 3.70. The van der Waals surface area contributed by atoms with Gasteiger partial charge in [-0.1, -0.05) is 6.07 Å². The van der Waals surface area contributed by atoms with Crippen molar-refractivity contribution in [3.63, 3.8) is 0 Å². The number of aryl methyl sites for hydroxylation is 2. The molecule has 3 aromatic rings. The Morgan fingerprint density at radius 2 is 2.30 bits per heavy atom. The first-order chi connectivity index (χ1) is 11.1. The van der Waals surface area contributed by atoms with Crippen LogP contribution in [0.15, 0.2) is 30.9 Å². The van der Waals surface area contributed by atoms with Gasteiger partial charge in [-0.15, -0.1) is 0 Å². The summed E-state index contributed by atoms with van der Waals surface area (Å²) < 4.78 is 1.72. The van der Waals surface area contributed by atoms with E-state index in [1.54, 1.807) is 11.0 Å². The maximum Gasteiger partial charge on any atom is 0.220 e. The molecular formula is C16H20N6O. The number of fused-ring (bicyclic) bond motifs is 1. The number of nitrogens with one attached hydrogen (secondary N) is 2. The van der Waals surface area contributed by atoms with E-state index < -0.39 is 0 Å². The number of imidazole rings is 1. The van der Waals surface area contributed by atoms with E-state index >= 15 is 0 Å². The molecule has 0 aliphatic rings. The average Bonchev–Trinajstić information content (AvgIpc) is 3.15. The molecule has 0 saturated heterocycles. The van der Waals surface area contributed by atoms with Gasteiger partial charge in [0.1, 0.15) is 18.5 Å². The Balaban J connectivity index is 1.54. The molecule has 2 N–H and O–H groups in total. The van der Waals surface area contributed by atoms with E-state index in [9.17, 15) is 4.79 Å². The predicted octanol–water partition coefficient (Wildman–Crippen LogP) is 2.12. The lowest BCUT2D eigenvalue weighted by molar-refractivity contribution is -0.121. The minimum Gasteiger partial charge on any atom is -0.346 e. The fourth-order valence-electron chi connectivity index (χ4n) is 2.48. The van der Waals surface area contributed by atoms with Crippen LogP contribution in [0.25, 0.3) is 11.0 Å². The van der Waals surface area contributed by atoms with Crippen LogP contribution in [-0.4, -0.2) is 30.6 Å². The number of hydrogen-bond donors (Lipinski definition) is 2. The summed E-state index contributed by atoms with van der Waals surface area (Å²) in [5.41, 5.74) is 3.09. The van der Waals surface area contributed by atoms with Crippen molar-refractivity contribution in [1.82, 2.24) is 30.0 Å². The van der Waals surface area contributed by atoms with E-state index in [4.69, 9.17) is 0 Å². The minimum atomic E-state index is -0.151. The summed E-state index contributed by atoms with van der Waals surface area (Å²) in [7, 11) is 0. The normalized spacial score (nSPS) is 12.4. The third kappa shape index (κ3) is 3.74. The van der Waals surface area contributed by atoms with Gasteiger partial charge in [0.05, 0.1) is 17.1 Å². The highest BCUT2D eigenvalue weighted by Gasteiger charge is 2.13. The van der Waals surface area contributed by atoms with Crippen LogP contribution in [0.1, 0.15) is 37.2 Å². The van der Waals surface area contributed by atoms with Crippen LogP contribution in [0, 0.1) is 6.92 Å². The Morgan fingerprint density at radius 3 is 3.09 bits per heavy atom. The van der Waals surface area contributed by atoms with Gasteiger partial charge in [-0.25, -0.2) is 9.97 Å². The van der Waals surface area contributed by atoms with Gasteiger partial charge in [0.25, 0.3) is 0 Å². The molecule has 1 atom stereocenters. The predicted molar refractivity (Wildman–Crippen MR) is 86.6 cm³/mol. The SMILES string of the molecule is Cc1ccc2nc(C(C)NC(=O)CCCn3cncn3)[nH]c2c1. The number of benzene rings is 1. The first kappa shape index (κ1) is 15.2. The zero-order valence-electron chi connectivity index (χ0n) is 13.3. The highest BCUT2D eigenvalue weighted by Crippen LogP contribution is 2.17. The fraction of sp³-hybridized carbons (Fsp3) is 0.375. The van der Waals surface area contributed by atoms with Gasteiger partial charge in [-0.2, -0.15) is 5.10 Å². The molecule has 7 heteroatoms. The number of aromatic amines is 1. The number of nitrogens with zero attached hydrogens (tertiary/aromatic N) is 4. The zero-order valence-corrected chi connectivity index (χ0v) is 13.3. The second kappa shape index (κ2) is 6.60. The summed E-state index contributed by atoms with van der Waals surface area (Å²) in [6, 6.07) is 5.91. The number of aromatic nitrogens is 5. The van der Waals surface area contributed by atoms with Gasteiger partial charge >= 0.3 is 0 Å². The van der Waals surface area contributed by atoms with E-state index in [1.165, 1.54) is 11.9 Å². The monoisotopic (exact) mass is 312 g/mol. The van der Waals surface area contributed by atoms with Gasteiger partial charge in [0, 0.05) is 13.0 Å². The van der Waals surface area contributed by atoms with Crippen LogP contribution in [0.5, 0.6) is 0 Å². The zero-order chi connectivity index (χ0) is 16.2. The molecule has 7 nitrogen and oxygen atoms in total. The molecular weight excluding hydrogens is 292 g/mol. The Bertz CT molecular complexity index is 792. The lowest BCUT2D eigenvalue weighted by Crippen LogP contribution is -2.27. The Labute approximate surface area is 134 Å². The number of rotatable bonds is 6. The van der Waals surface area contributed by atoms with Crippen molar-refractivity contribution in [1.29, 1.82) is 0 Å². The van der Waals surface area contributed by atoms with E-state index in [0.29, 0.717) is 13.0 Å². The average molecular weight is 312 g/mol. The van der Waals surface area contributed by atoms with Gasteiger partial charge in [-0.05, 0) is 38.0 Å². The molecule has 1 aromatic carbocycles. The van der Waals surface area contributed by atoms with Crippen LogP contribution in [0.2, 0.25) is 0 Å². The number of hydrogen-bond acceptors (Lipinski definition) is 4. The number of amides is 1. The second-order valence-corrected chi connectivity index (χ2v) is 5.69. The highest BCUT2D eigenvalue weighted by atomic mass is 16.1. The Kier molecular flexibility index (Phi) is 4.36. The van der Waals surface area contributed by atoms with Gasteiger partial charge < -0.3 is 10.3 Å². The van der Waals surface area contributed by atoms with Crippen LogP contribution in [0.3, 0.4) is 0 Å². The first-order valence-corrected chi connectivity index (χ1v) is 7.70. The minimum absolute atomic E-state index is 0.00857. The summed E-state index contributed by atoms with van der Waals surface area (Å²) in [5, 5.41) is 6.99. The molecule has 0 radical (unpaired) electrons. The van der Waals surface area contributed by atoms with Crippen molar-refractivity contribution < 1.29 is 4.79 Å². The summed E-state index contributed by atoms with van der Waals surface area (Å²) in [6.45, 7) is 4.66. The topological polar surface area (TPSA) is 88.5 Å². The van der Waals surface area contributed by atoms with Crippen LogP contribution in [0.4, 0.5) is 0 Å². The van der Waals surface area contributed by atoms with Crippen molar-refractivity contribution >= 4 is 16.9 Å². The second-order valence-electron chi connectivity index (χ2n) is 5.69. The standard InChI is InChI=1S/C16H20N6O/c1-11-5-6-13-14(8-11)21-16(20-13)12(2)19-15(23)4-3-7-22-10-17-9-18-22/h5-6,8-10,12H,3-4,7H2,1-2H3,(H,19,23)(H,20,21). The van der Waals surface area contributed by atoms with Crippen molar-refractivity contribution in [2.24, 2.45) is 0 Å². The fourth-order valence-corrected chi connectivity index (χ4v) is 2.48. The smallest absolute Gasteiger partial charge is 0.220 e. The van der Waals surface area contributed by atoms with Gasteiger partial charge in [0.15, 0.2) is 0 Å². The molecule has 1 unspecified atom stereocenters. The number of carbonyl (C=O) groups excluding carboxylic acids is 1. The van der Waals surface area contributed by atoms with E-state index in [0.717, 1.165) is 23.3 Å². The van der Waals surface area contributed by atoms with Crippen LogP contribution in [-0.2, 0) is 11.3 Å². The largest absolute Gasteiger partial charge is 0.346 e. The molecule has 23 heavy (non-hydrogen) atoms. The van der Waals surface area contributed by atoms with Gasteiger partial charge in [-0.3, -0.25) is 9.48 Å². The summed E-state index contributed by atoms with van der Waals surface area (Å²) in [5.74, 6) is 0.782. The molecule has 2 aromatic heterocycles. The maximum atomic E-state index is 12.0. The van der Waals surface area contributed by atoms with E-state index in [2.05, 4.69) is 31.4 Å². The van der Waals surface area contributed by atoms with Crippen molar-refractivity contribution in [2.45, 2.75) is 39.3 Å². The molecule has 120 valence electrons. The molecule has 0 aliphatic heterocycles. The van der Waals surface area contributed by atoms with Crippen molar-refractivity contribution in [3.05, 3.63) is 42.2 Å². The van der Waals surface area contributed by atoms with E-state index in [1.807, 2.05) is 26.0 Å².